The van der Waals surface area contributed by atoms with Gasteiger partial charge in [-0.1, -0.05) is 19.9 Å². The normalized spacial score (nSPS) is 18.9. The third-order valence-electron chi connectivity index (χ3n) is 3.96. The van der Waals surface area contributed by atoms with Crippen molar-refractivity contribution in [1.29, 1.82) is 0 Å². The monoisotopic (exact) mass is 275 g/mol. The number of nitrogens with one attached hydrogen (secondary N) is 1. The van der Waals surface area contributed by atoms with Gasteiger partial charge in [0.1, 0.15) is 18.0 Å². The van der Waals surface area contributed by atoms with Gasteiger partial charge in [-0.15, -0.1) is 0 Å². The number of fused-ring (bicyclic) bond motifs is 1. The van der Waals surface area contributed by atoms with Crippen LogP contribution in [0.2, 0.25) is 0 Å². The zero-order valence-electron chi connectivity index (χ0n) is 12.6. The van der Waals surface area contributed by atoms with Crippen molar-refractivity contribution in [3.63, 3.8) is 0 Å². The lowest BCUT2D eigenvalue weighted by Gasteiger charge is -2.38. The fraction of sp³-hybridized carbons (Fsp3) is 0.625. The molecule has 0 atom stereocenters. The maximum absolute atomic E-state index is 5.88. The molecule has 2 aliphatic heterocycles. The maximum atomic E-state index is 5.88. The number of ether oxygens (including phenoxy) is 1. The summed E-state index contributed by atoms with van der Waals surface area (Å²) < 4.78 is 5.88. The SMILES string of the molecule is CC(C)CN1CCOc2cccc(N3CCNCC3)c21. The second kappa shape index (κ2) is 5.92. The minimum Gasteiger partial charge on any atom is -0.489 e. The lowest BCUT2D eigenvalue weighted by molar-refractivity contribution is 0.304. The molecule has 4 nitrogen and oxygen atoms in total. The fourth-order valence-corrected chi connectivity index (χ4v) is 3.11. The Hall–Kier alpha value is -1.42. The van der Waals surface area contributed by atoms with Crippen LogP contribution < -0.4 is 19.9 Å². The molecule has 0 aliphatic carbocycles. The third kappa shape index (κ3) is 2.70. The number of rotatable bonds is 3. The Bertz CT molecular complexity index is 455. The first-order valence-corrected chi connectivity index (χ1v) is 7.72. The maximum Gasteiger partial charge on any atom is 0.144 e. The van der Waals surface area contributed by atoms with Crippen LogP contribution in [-0.2, 0) is 0 Å². The molecule has 0 radical (unpaired) electrons. The van der Waals surface area contributed by atoms with E-state index in [0.29, 0.717) is 5.92 Å². The van der Waals surface area contributed by atoms with Gasteiger partial charge >= 0.3 is 0 Å². The first-order valence-electron chi connectivity index (χ1n) is 7.72. The first-order chi connectivity index (χ1) is 9.75. The fourth-order valence-electron chi connectivity index (χ4n) is 3.11. The molecule has 3 rings (SSSR count). The molecule has 1 saturated heterocycles. The lowest BCUT2D eigenvalue weighted by Crippen LogP contribution is -2.45. The standard InChI is InChI=1S/C16H25N3O/c1-13(2)12-19-10-11-20-15-5-3-4-14(16(15)19)18-8-6-17-7-9-18/h3-5,13,17H,6-12H2,1-2H3. The Kier molecular flexibility index (Phi) is 4.01. The third-order valence-corrected chi connectivity index (χ3v) is 3.96. The molecular formula is C16H25N3O. The predicted molar refractivity (Wildman–Crippen MR) is 84.1 cm³/mol. The number of nitrogens with zero attached hydrogens (tertiary/aromatic N) is 2. The molecule has 2 heterocycles. The summed E-state index contributed by atoms with van der Waals surface area (Å²) in [6, 6.07) is 6.47. The lowest BCUT2D eigenvalue weighted by atomic mass is 10.1. The van der Waals surface area contributed by atoms with E-state index >= 15 is 0 Å². The number of anilines is 2. The van der Waals surface area contributed by atoms with Crippen molar-refractivity contribution in [2.75, 3.05) is 55.7 Å². The number of para-hydroxylation sites is 1. The van der Waals surface area contributed by atoms with E-state index in [9.17, 15) is 0 Å². The van der Waals surface area contributed by atoms with Gasteiger partial charge in [0.15, 0.2) is 0 Å². The summed E-state index contributed by atoms with van der Waals surface area (Å²) in [6.07, 6.45) is 0. The van der Waals surface area contributed by atoms with E-state index < -0.39 is 0 Å². The number of hydrogen-bond donors (Lipinski definition) is 1. The molecule has 1 aromatic rings. The minimum atomic E-state index is 0.664. The summed E-state index contributed by atoms with van der Waals surface area (Å²) in [7, 11) is 0. The van der Waals surface area contributed by atoms with Crippen LogP contribution in [0.5, 0.6) is 5.75 Å². The molecule has 0 aromatic heterocycles. The van der Waals surface area contributed by atoms with Crippen molar-refractivity contribution < 1.29 is 4.74 Å². The van der Waals surface area contributed by atoms with Crippen LogP contribution in [0.25, 0.3) is 0 Å². The first kappa shape index (κ1) is 13.6. The van der Waals surface area contributed by atoms with Gasteiger partial charge in [0.05, 0.1) is 12.2 Å². The molecule has 20 heavy (non-hydrogen) atoms. The molecule has 0 amide bonds. The Morgan fingerprint density at radius 2 is 2.00 bits per heavy atom. The molecule has 0 unspecified atom stereocenters. The van der Waals surface area contributed by atoms with E-state index in [-0.39, 0.29) is 0 Å². The largest absolute Gasteiger partial charge is 0.489 e. The zero-order valence-corrected chi connectivity index (χ0v) is 12.6. The van der Waals surface area contributed by atoms with E-state index in [1.165, 1.54) is 11.4 Å². The average molecular weight is 275 g/mol. The van der Waals surface area contributed by atoms with Gasteiger partial charge in [-0.25, -0.2) is 0 Å². The average Bonchev–Trinajstić information content (AvgIpc) is 2.47. The highest BCUT2D eigenvalue weighted by molar-refractivity contribution is 5.78. The molecule has 1 N–H and O–H groups in total. The van der Waals surface area contributed by atoms with E-state index in [1.54, 1.807) is 0 Å². The highest BCUT2D eigenvalue weighted by Crippen LogP contribution is 2.40. The molecule has 0 saturated carbocycles. The molecular weight excluding hydrogens is 250 g/mol. The highest BCUT2D eigenvalue weighted by atomic mass is 16.5. The summed E-state index contributed by atoms with van der Waals surface area (Å²) in [5.41, 5.74) is 2.64. The van der Waals surface area contributed by atoms with Crippen molar-refractivity contribution in [2.45, 2.75) is 13.8 Å². The Morgan fingerprint density at radius 1 is 1.20 bits per heavy atom. The number of benzene rings is 1. The molecule has 0 spiro atoms. The van der Waals surface area contributed by atoms with Crippen molar-refractivity contribution >= 4 is 11.4 Å². The van der Waals surface area contributed by atoms with Crippen molar-refractivity contribution in [3.05, 3.63) is 18.2 Å². The molecule has 2 aliphatic rings. The summed E-state index contributed by atoms with van der Waals surface area (Å²) in [6.45, 7) is 11.7. The van der Waals surface area contributed by atoms with Crippen LogP contribution >= 0.6 is 0 Å². The molecule has 1 fully saturated rings. The van der Waals surface area contributed by atoms with Crippen molar-refractivity contribution in [3.8, 4) is 5.75 Å². The van der Waals surface area contributed by atoms with Gasteiger partial charge < -0.3 is 19.9 Å². The molecule has 1 aromatic carbocycles. The smallest absolute Gasteiger partial charge is 0.144 e. The molecule has 4 heteroatoms. The van der Waals surface area contributed by atoms with Crippen LogP contribution in [0.1, 0.15) is 13.8 Å². The van der Waals surface area contributed by atoms with Gasteiger partial charge in [-0.05, 0) is 18.1 Å². The summed E-state index contributed by atoms with van der Waals surface area (Å²) in [5, 5.41) is 3.42. The minimum absolute atomic E-state index is 0.664. The highest BCUT2D eigenvalue weighted by Gasteiger charge is 2.25. The molecule has 110 valence electrons. The van der Waals surface area contributed by atoms with Gasteiger partial charge in [0.2, 0.25) is 0 Å². The number of piperazine rings is 1. The van der Waals surface area contributed by atoms with Crippen molar-refractivity contribution in [2.24, 2.45) is 5.92 Å². The van der Waals surface area contributed by atoms with E-state index in [1.807, 2.05) is 0 Å². The zero-order chi connectivity index (χ0) is 13.9. The second-order valence-corrected chi connectivity index (χ2v) is 6.05. The van der Waals surface area contributed by atoms with Gasteiger partial charge in [-0.2, -0.15) is 0 Å². The van der Waals surface area contributed by atoms with Gasteiger partial charge in [-0.3, -0.25) is 0 Å². The summed E-state index contributed by atoms with van der Waals surface area (Å²) in [5.74, 6) is 1.71. The van der Waals surface area contributed by atoms with E-state index in [0.717, 1.165) is 51.6 Å². The van der Waals surface area contributed by atoms with Crippen LogP contribution in [0.3, 0.4) is 0 Å². The Balaban J connectivity index is 1.94. The van der Waals surface area contributed by atoms with Crippen LogP contribution in [0, 0.1) is 5.92 Å². The summed E-state index contributed by atoms with van der Waals surface area (Å²) >= 11 is 0. The quantitative estimate of drug-likeness (QED) is 0.912. The Morgan fingerprint density at radius 3 is 2.75 bits per heavy atom. The number of hydrogen-bond acceptors (Lipinski definition) is 4. The topological polar surface area (TPSA) is 27.7 Å². The van der Waals surface area contributed by atoms with E-state index in [2.05, 4.69) is 47.2 Å². The van der Waals surface area contributed by atoms with Crippen molar-refractivity contribution in [1.82, 2.24) is 5.32 Å². The van der Waals surface area contributed by atoms with Gasteiger partial charge in [0, 0.05) is 32.7 Å². The van der Waals surface area contributed by atoms with Gasteiger partial charge in [0.25, 0.3) is 0 Å². The van der Waals surface area contributed by atoms with Crippen LogP contribution in [-0.4, -0.2) is 45.9 Å². The predicted octanol–water partition coefficient (Wildman–Crippen LogP) is 1.95. The Labute approximate surface area is 121 Å². The van der Waals surface area contributed by atoms with Crippen LogP contribution in [0.4, 0.5) is 11.4 Å². The van der Waals surface area contributed by atoms with Crippen LogP contribution in [0.15, 0.2) is 18.2 Å². The van der Waals surface area contributed by atoms with E-state index in [4.69, 9.17) is 4.74 Å². The second-order valence-electron chi connectivity index (χ2n) is 6.05. The molecule has 0 bridgehead atoms. The summed E-state index contributed by atoms with van der Waals surface area (Å²) in [4.78, 5) is 4.98.